The Morgan fingerprint density at radius 2 is 1.35 bits per heavy atom. The van der Waals surface area contributed by atoms with Crippen LogP contribution < -0.4 is 0 Å². The standard InChI is InChI=1S/C16H22O4/c1-3-5-11-19-15(17)13-9-7-8-10-14(13)16(18)20-12-6-4-2/h5-8,11-14H,3-4,9-10H2,1-2H3/b11-5+,12-6+. The highest BCUT2D eigenvalue weighted by Gasteiger charge is 2.35. The van der Waals surface area contributed by atoms with Crippen LogP contribution in [0.4, 0.5) is 0 Å². The zero-order valence-electron chi connectivity index (χ0n) is 12.1. The molecule has 4 heteroatoms. The van der Waals surface area contributed by atoms with Crippen LogP contribution in [0.2, 0.25) is 0 Å². The molecule has 2 atom stereocenters. The SMILES string of the molecule is CC/C=C/OC(=O)C1CC=CCC1C(=O)O/C=C/CC. The first kappa shape index (κ1) is 16.2. The minimum absolute atomic E-state index is 0.375. The van der Waals surface area contributed by atoms with E-state index in [9.17, 15) is 9.59 Å². The number of hydrogen-bond acceptors (Lipinski definition) is 4. The summed E-state index contributed by atoms with van der Waals surface area (Å²) < 4.78 is 10.1. The minimum atomic E-state index is -0.468. The molecule has 0 N–H and O–H groups in total. The topological polar surface area (TPSA) is 52.6 Å². The number of carbonyl (C=O) groups is 2. The maximum Gasteiger partial charge on any atom is 0.314 e. The van der Waals surface area contributed by atoms with Gasteiger partial charge in [0.1, 0.15) is 0 Å². The maximum absolute atomic E-state index is 12.0. The van der Waals surface area contributed by atoms with E-state index in [1.807, 2.05) is 26.0 Å². The molecule has 0 aromatic carbocycles. The summed E-state index contributed by atoms with van der Waals surface area (Å²) >= 11 is 0. The third-order valence-corrected chi connectivity index (χ3v) is 3.07. The van der Waals surface area contributed by atoms with Gasteiger partial charge in [0, 0.05) is 0 Å². The van der Waals surface area contributed by atoms with E-state index < -0.39 is 11.8 Å². The number of hydrogen-bond donors (Lipinski definition) is 0. The normalized spacial score (nSPS) is 22.3. The van der Waals surface area contributed by atoms with Gasteiger partial charge >= 0.3 is 11.9 Å². The summed E-state index contributed by atoms with van der Waals surface area (Å²) in [4.78, 5) is 24.0. The third-order valence-electron chi connectivity index (χ3n) is 3.07. The van der Waals surface area contributed by atoms with E-state index >= 15 is 0 Å². The Bertz CT molecular complexity index is 369. The third kappa shape index (κ3) is 5.03. The van der Waals surface area contributed by atoms with Gasteiger partial charge in [-0.05, 0) is 37.8 Å². The van der Waals surface area contributed by atoms with Crippen molar-refractivity contribution in [2.24, 2.45) is 11.8 Å². The molecule has 4 nitrogen and oxygen atoms in total. The average Bonchev–Trinajstić information content (AvgIpc) is 2.47. The Kier molecular flexibility index (Phi) is 7.40. The van der Waals surface area contributed by atoms with E-state index in [-0.39, 0.29) is 11.9 Å². The number of carbonyl (C=O) groups excluding carboxylic acids is 2. The molecule has 0 saturated carbocycles. The second kappa shape index (κ2) is 9.13. The summed E-state index contributed by atoms with van der Waals surface area (Å²) in [7, 11) is 0. The summed E-state index contributed by atoms with van der Waals surface area (Å²) in [6.07, 6.45) is 12.7. The van der Waals surface area contributed by atoms with Crippen LogP contribution >= 0.6 is 0 Å². The highest BCUT2D eigenvalue weighted by atomic mass is 16.5. The molecule has 110 valence electrons. The molecule has 0 saturated heterocycles. The van der Waals surface area contributed by atoms with Gasteiger partial charge in [0.25, 0.3) is 0 Å². The smallest absolute Gasteiger partial charge is 0.314 e. The largest absolute Gasteiger partial charge is 0.435 e. The van der Waals surface area contributed by atoms with Gasteiger partial charge in [0.2, 0.25) is 0 Å². The van der Waals surface area contributed by atoms with Crippen LogP contribution in [-0.2, 0) is 19.1 Å². The molecule has 0 bridgehead atoms. The highest BCUT2D eigenvalue weighted by Crippen LogP contribution is 2.28. The van der Waals surface area contributed by atoms with Gasteiger partial charge < -0.3 is 9.47 Å². The summed E-state index contributed by atoms with van der Waals surface area (Å²) in [6.45, 7) is 3.90. The van der Waals surface area contributed by atoms with E-state index in [1.165, 1.54) is 12.5 Å². The minimum Gasteiger partial charge on any atom is -0.435 e. The first-order valence-electron chi connectivity index (χ1n) is 7.06. The second-order valence-corrected chi connectivity index (χ2v) is 4.59. The van der Waals surface area contributed by atoms with Crippen LogP contribution in [0.25, 0.3) is 0 Å². The van der Waals surface area contributed by atoms with Crippen LogP contribution in [0.15, 0.2) is 36.8 Å². The molecule has 0 spiro atoms. The quantitative estimate of drug-likeness (QED) is 0.424. The van der Waals surface area contributed by atoms with Crippen molar-refractivity contribution in [3.63, 3.8) is 0 Å². The fourth-order valence-electron chi connectivity index (χ4n) is 1.93. The number of ether oxygens (including phenoxy) is 2. The number of esters is 2. The molecule has 0 amide bonds. The van der Waals surface area contributed by atoms with Crippen molar-refractivity contribution in [3.8, 4) is 0 Å². The summed E-state index contributed by atoms with van der Waals surface area (Å²) in [5.74, 6) is -1.69. The summed E-state index contributed by atoms with van der Waals surface area (Å²) in [5, 5.41) is 0. The Morgan fingerprint density at radius 1 is 0.950 bits per heavy atom. The lowest BCUT2D eigenvalue weighted by Gasteiger charge is -2.23. The van der Waals surface area contributed by atoms with E-state index in [2.05, 4.69) is 0 Å². The lowest BCUT2D eigenvalue weighted by atomic mass is 9.83. The molecule has 0 aromatic rings. The Balaban J connectivity index is 2.64. The highest BCUT2D eigenvalue weighted by molar-refractivity contribution is 5.83. The van der Waals surface area contributed by atoms with Crippen molar-refractivity contribution < 1.29 is 19.1 Å². The van der Waals surface area contributed by atoms with Crippen molar-refractivity contribution >= 4 is 11.9 Å². The van der Waals surface area contributed by atoms with E-state index in [0.29, 0.717) is 12.8 Å². The molecule has 0 heterocycles. The van der Waals surface area contributed by atoms with Gasteiger partial charge in [0.05, 0.1) is 24.4 Å². The number of rotatable bonds is 6. The Labute approximate surface area is 120 Å². The fraction of sp³-hybridized carbons (Fsp3) is 0.500. The average molecular weight is 278 g/mol. The number of allylic oxidation sites excluding steroid dienone is 4. The van der Waals surface area contributed by atoms with E-state index in [0.717, 1.165) is 12.8 Å². The first-order valence-corrected chi connectivity index (χ1v) is 7.06. The predicted octanol–water partition coefficient (Wildman–Crippen LogP) is 3.50. The van der Waals surface area contributed by atoms with Gasteiger partial charge in [-0.15, -0.1) is 0 Å². The molecule has 0 aliphatic heterocycles. The lowest BCUT2D eigenvalue weighted by molar-refractivity contribution is -0.154. The van der Waals surface area contributed by atoms with Gasteiger partial charge in [-0.3, -0.25) is 9.59 Å². The van der Waals surface area contributed by atoms with Crippen LogP contribution in [0.5, 0.6) is 0 Å². The van der Waals surface area contributed by atoms with Crippen LogP contribution in [0.1, 0.15) is 39.5 Å². The van der Waals surface area contributed by atoms with Crippen molar-refractivity contribution in [1.29, 1.82) is 0 Å². The Morgan fingerprint density at radius 3 is 1.70 bits per heavy atom. The Hall–Kier alpha value is -1.84. The van der Waals surface area contributed by atoms with Crippen molar-refractivity contribution in [2.45, 2.75) is 39.5 Å². The molecule has 1 rings (SSSR count). The molecule has 0 fully saturated rings. The zero-order chi connectivity index (χ0) is 14.8. The van der Waals surface area contributed by atoms with Crippen molar-refractivity contribution in [1.82, 2.24) is 0 Å². The zero-order valence-corrected chi connectivity index (χ0v) is 12.1. The molecule has 1 aliphatic rings. The lowest BCUT2D eigenvalue weighted by Crippen LogP contribution is -2.32. The molecule has 20 heavy (non-hydrogen) atoms. The van der Waals surface area contributed by atoms with Gasteiger partial charge in [0.15, 0.2) is 0 Å². The van der Waals surface area contributed by atoms with Gasteiger partial charge in [-0.2, -0.15) is 0 Å². The molecule has 2 unspecified atom stereocenters. The fourth-order valence-corrected chi connectivity index (χ4v) is 1.93. The molecule has 1 aliphatic carbocycles. The van der Waals surface area contributed by atoms with Gasteiger partial charge in [-0.1, -0.05) is 26.0 Å². The summed E-state index contributed by atoms with van der Waals surface area (Å²) in [5.41, 5.74) is 0. The van der Waals surface area contributed by atoms with Crippen LogP contribution in [0.3, 0.4) is 0 Å². The van der Waals surface area contributed by atoms with Crippen LogP contribution in [-0.4, -0.2) is 11.9 Å². The van der Waals surface area contributed by atoms with E-state index in [1.54, 1.807) is 12.2 Å². The predicted molar refractivity (Wildman–Crippen MR) is 76.4 cm³/mol. The first-order chi connectivity index (χ1) is 9.70. The van der Waals surface area contributed by atoms with Crippen LogP contribution in [0, 0.1) is 11.8 Å². The monoisotopic (exact) mass is 278 g/mol. The second-order valence-electron chi connectivity index (χ2n) is 4.59. The van der Waals surface area contributed by atoms with Gasteiger partial charge in [-0.25, -0.2) is 0 Å². The molecular formula is C16H22O4. The molecule has 0 aromatic heterocycles. The van der Waals surface area contributed by atoms with Crippen molar-refractivity contribution in [3.05, 3.63) is 36.8 Å². The molecule has 0 radical (unpaired) electrons. The van der Waals surface area contributed by atoms with Crippen molar-refractivity contribution in [2.75, 3.05) is 0 Å². The molecular weight excluding hydrogens is 256 g/mol. The van der Waals surface area contributed by atoms with E-state index in [4.69, 9.17) is 9.47 Å². The maximum atomic E-state index is 12.0. The summed E-state index contributed by atoms with van der Waals surface area (Å²) in [6, 6.07) is 0.